The lowest BCUT2D eigenvalue weighted by molar-refractivity contribution is 0.0949. The predicted octanol–water partition coefficient (Wildman–Crippen LogP) is 3.27. The number of halogens is 1. The fourth-order valence-electron chi connectivity index (χ4n) is 2.19. The number of nitrogens with one attached hydrogen (secondary N) is 1. The lowest BCUT2D eigenvalue weighted by Crippen LogP contribution is -2.25. The molecule has 0 saturated heterocycles. The minimum Gasteiger partial charge on any atom is -0.352 e. The fraction of sp³-hybridized carbons (Fsp3) is 0.278. The molecular formula is C18H21FN2O. The Kier molecular flexibility index (Phi) is 5.67. The molecule has 1 amide bonds. The summed E-state index contributed by atoms with van der Waals surface area (Å²) in [5.74, 6) is -0.889. The third kappa shape index (κ3) is 4.15. The van der Waals surface area contributed by atoms with E-state index in [0.717, 1.165) is 29.5 Å². The van der Waals surface area contributed by atoms with Gasteiger partial charge in [-0.2, -0.15) is 0 Å². The predicted molar refractivity (Wildman–Crippen MR) is 87.2 cm³/mol. The second kappa shape index (κ2) is 7.71. The number of nitrogens with two attached hydrogens (primary N) is 1. The number of carbonyl (C=O) groups is 1. The quantitative estimate of drug-likeness (QED) is 0.804. The van der Waals surface area contributed by atoms with Gasteiger partial charge in [-0.05, 0) is 49.6 Å². The zero-order valence-corrected chi connectivity index (χ0v) is 12.7. The molecule has 2 rings (SSSR count). The summed E-state index contributed by atoms with van der Waals surface area (Å²) in [5, 5.41) is 2.71. The summed E-state index contributed by atoms with van der Waals surface area (Å²) in [4.78, 5) is 11.9. The lowest BCUT2D eigenvalue weighted by atomic mass is 10.0. The van der Waals surface area contributed by atoms with Crippen molar-refractivity contribution < 1.29 is 9.18 Å². The largest absolute Gasteiger partial charge is 0.352 e. The zero-order valence-electron chi connectivity index (χ0n) is 12.7. The third-order valence-electron chi connectivity index (χ3n) is 3.52. The van der Waals surface area contributed by atoms with Crippen molar-refractivity contribution in [3.05, 3.63) is 59.4 Å². The number of amides is 1. The van der Waals surface area contributed by atoms with Crippen molar-refractivity contribution in [2.75, 3.05) is 13.1 Å². The molecular weight excluding hydrogens is 279 g/mol. The van der Waals surface area contributed by atoms with Gasteiger partial charge in [0, 0.05) is 6.54 Å². The van der Waals surface area contributed by atoms with Crippen molar-refractivity contribution in [3.8, 4) is 11.1 Å². The van der Waals surface area contributed by atoms with Crippen LogP contribution in [0.4, 0.5) is 4.39 Å². The monoisotopic (exact) mass is 300 g/mol. The maximum Gasteiger partial charge on any atom is 0.254 e. The smallest absolute Gasteiger partial charge is 0.254 e. The van der Waals surface area contributed by atoms with Gasteiger partial charge in [-0.15, -0.1) is 0 Å². The second-order valence-electron chi connectivity index (χ2n) is 5.31. The van der Waals surface area contributed by atoms with E-state index >= 15 is 0 Å². The molecule has 0 bridgehead atoms. The van der Waals surface area contributed by atoms with Crippen LogP contribution in [0.25, 0.3) is 11.1 Å². The number of carbonyl (C=O) groups excluding carboxylic acids is 1. The normalized spacial score (nSPS) is 10.5. The van der Waals surface area contributed by atoms with Gasteiger partial charge in [-0.1, -0.05) is 35.9 Å². The van der Waals surface area contributed by atoms with Crippen LogP contribution in [0.1, 0.15) is 28.8 Å². The van der Waals surface area contributed by atoms with Crippen LogP contribution in [0.15, 0.2) is 42.5 Å². The standard InChI is InChI=1S/C18H21FN2O/c1-13-4-6-14(7-5-13)15-8-9-16(17(19)12-15)18(22)21-11-3-2-10-20/h4-9,12H,2-3,10-11,20H2,1H3,(H,21,22). The van der Waals surface area contributed by atoms with Crippen LogP contribution in [0.3, 0.4) is 0 Å². The molecule has 0 unspecified atom stereocenters. The van der Waals surface area contributed by atoms with Crippen molar-refractivity contribution in [2.24, 2.45) is 5.73 Å². The summed E-state index contributed by atoms with van der Waals surface area (Å²) >= 11 is 0. The van der Waals surface area contributed by atoms with Gasteiger partial charge in [0.25, 0.3) is 5.91 Å². The molecule has 0 saturated carbocycles. The molecule has 22 heavy (non-hydrogen) atoms. The Bertz CT molecular complexity index is 638. The van der Waals surface area contributed by atoms with Gasteiger partial charge >= 0.3 is 0 Å². The van der Waals surface area contributed by atoms with Crippen molar-refractivity contribution in [1.29, 1.82) is 0 Å². The van der Waals surface area contributed by atoms with Crippen LogP contribution >= 0.6 is 0 Å². The van der Waals surface area contributed by atoms with Crippen molar-refractivity contribution in [1.82, 2.24) is 5.32 Å². The Morgan fingerprint density at radius 2 is 1.77 bits per heavy atom. The molecule has 0 aliphatic rings. The van der Waals surface area contributed by atoms with Crippen LogP contribution in [-0.4, -0.2) is 19.0 Å². The highest BCUT2D eigenvalue weighted by Crippen LogP contribution is 2.22. The first-order valence-electron chi connectivity index (χ1n) is 7.46. The first kappa shape index (κ1) is 16.2. The van der Waals surface area contributed by atoms with E-state index in [0.29, 0.717) is 13.1 Å². The summed E-state index contributed by atoms with van der Waals surface area (Å²) in [6.07, 6.45) is 1.64. The summed E-state index contributed by atoms with van der Waals surface area (Å²) in [6.45, 7) is 3.10. The number of unbranched alkanes of at least 4 members (excludes halogenated alkanes) is 1. The van der Waals surface area contributed by atoms with E-state index in [4.69, 9.17) is 5.73 Å². The number of benzene rings is 2. The SMILES string of the molecule is Cc1ccc(-c2ccc(C(=O)NCCCCN)c(F)c2)cc1. The van der Waals surface area contributed by atoms with E-state index in [2.05, 4.69) is 5.32 Å². The van der Waals surface area contributed by atoms with Gasteiger partial charge in [0.05, 0.1) is 5.56 Å². The molecule has 0 radical (unpaired) electrons. The number of rotatable bonds is 6. The fourth-order valence-corrected chi connectivity index (χ4v) is 2.19. The van der Waals surface area contributed by atoms with Gasteiger partial charge < -0.3 is 11.1 Å². The lowest BCUT2D eigenvalue weighted by Gasteiger charge is -2.08. The van der Waals surface area contributed by atoms with Gasteiger partial charge in [0.2, 0.25) is 0 Å². The van der Waals surface area contributed by atoms with E-state index < -0.39 is 5.82 Å². The summed E-state index contributed by atoms with van der Waals surface area (Å²) in [7, 11) is 0. The second-order valence-corrected chi connectivity index (χ2v) is 5.31. The van der Waals surface area contributed by atoms with Crippen LogP contribution in [-0.2, 0) is 0 Å². The molecule has 0 fully saturated rings. The van der Waals surface area contributed by atoms with Crippen molar-refractivity contribution >= 4 is 5.91 Å². The first-order chi connectivity index (χ1) is 10.6. The van der Waals surface area contributed by atoms with E-state index in [-0.39, 0.29) is 11.5 Å². The Morgan fingerprint density at radius 1 is 1.09 bits per heavy atom. The van der Waals surface area contributed by atoms with Crippen LogP contribution in [0.5, 0.6) is 0 Å². The molecule has 4 heteroatoms. The molecule has 3 nitrogen and oxygen atoms in total. The van der Waals surface area contributed by atoms with E-state index in [1.54, 1.807) is 6.07 Å². The highest BCUT2D eigenvalue weighted by molar-refractivity contribution is 5.95. The Hall–Kier alpha value is -2.20. The Balaban J connectivity index is 2.09. The minimum absolute atomic E-state index is 0.0728. The van der Waals surface area contributed by atoms with Crippen LogP contribution < -0.4 is 11.1 Å². The van der Waals surface area contributed by atoms with Crippen LogP contribution in [0, 0.1) is 12.7 Å². The molecule has 0 aliphatic carbocycles. The topological polar surface area (TPSA) is 55.1 Å². The highest BCUT2D eigenvalue weighted by Gasteiger charge is 2.12. The summed E-state index contributed by atoms with van der Waals surface area (Å²) in [6, 6.07) is 12.5. The minimum atomic E-state index is -0.505. The molecule has 0 aromatic heterocycles. The maximum absolute atomic E-state index is 14.2. The molecule has 116 valence electrons. The number of hydrogen-bond donors (Lipinski definition) is 2. The van der Waals surface area contributed by atoms with E-state index in [9.17, 15) is 9.18 Å². The molecule has 3 N–H and O–H groups in total. The Labute approximate surface area is 130 Å². The van der Waals surface area contributed by atoms with Gasteiger partial charge in [-0.3, -0.25) is 4.79 Å². The maximum atomic E-state index is 14.2. The van der Waals surface area contributed by atoms with Crippen molar-refractivity contribution in [3.63, 3.8) is 0 Å². The average Bonchev–Trinajstić information content (AvgIpc) is 2.52. The van der Waals surface area contributed by atoms with E-state index in [1.165, 1.54) is 12.1 Å². The number of aryl methyl sites for hydroxylation is 1. The first-order valence-corrected chi connectivity index (χ1v) is 7.46. The third-order valence-corrected chi connectivity index (χ3v) is 3.52. The Morgan fingerprint density at radius 3 is 2.41 bits per heavy atom. The molecule has 0 atom stereocenters. The van der Waals surface area contributed by atoms with E-state index in [1.807, 2.05) is 31.2 Å². The van der Waals surface area contributed by atoms with Gasteiger partial charge in [0.1, 0.15) is 5.82 Å². The summed E-state index contributed by atoms with van der Waals surface area (Å²) < 4.78 is 14.2. The van der Waals surface area contributed by atoms with Crippen LogP contribution in [0.2, 0.25) is 0 Å². The average molecular weight is 300 g/mol. The molecule has 2 aromatic carbocycles. The zero-order chi connectivity index (χ0) is 15.9. The van der Waals surface area contributed by atoms with Gasteiger partial charge in [0.15, 0.2) is 0 Å². The summed E-state index contributed by atoms with van der Waals surface area (Å²) in [5.41, 5.74) is 8.30. The number of hydrogen-bond acceptors (Lipinski definition) is 2. The molecule has 0 spiro atoms. The molecule has 2 aromatic rings. The highest BCUT2D eigenvalue weighted by atomic mass is 19.1. The molecule has 0 heterocycles. The van der Waals surface area contributed by atoms with Gasteiger partial charge in [-0.25, -0.2) is 4.39 Å². The van der Waals surface area contributed by atoms with Crippen molar-refractivity contribution in [2.45, 2.75) is 19.8 Å². The molecule has 0 aliphatic heterocycles.